The molecule has 3 heterocycles. The van der Waals surface area contributed by atoms with E-state index in [-0.39, 0.29) is 17.6 Å². The number of methoxy groups -OCH3 is 1. The molecule has 34 heavy (non-hydrogen) atoms. The van der Waals surface area contributed by atoms with Crippen LogP contribution in [0.1, 0.15) is 48.3 Å². The third-order valence-corrected chi connectivity index (χ3v) is 6.50. The SMILES string of the molecule is COc1cc(=O)n2c(c1C(=O)N1CCC[C@H](O)C1)CCN(Cc1ccc(OC(C)C)cc1)CC2. The van der Waals surface area contributed by atoms with Crippen LogP contribution >= 0.6 is 0 Å². The van der Waals surface area contributed by atoms with Crippen LogP contribution in [0.5, 0.6) is 11.5 Å². The number of carbonyl (C=O) groups excluding carboxylic acids is 1. The fourth-order valence-electron chi connectivity index (χ4n) is 4.84. The van der Waals surface area contributed by atoms with Crippen molar-refractivity contribution in [2.75, 3.05) is 33.3 Å². The molecular formula is C26H35N3O5. The fourth-order valence-corrected chi connectivity index (χ4v) is 4.84. The number of nitrogens with zero attached hydrogens (tertiary/aromatic N) is 3. The van der Waals surface area contributed by atoms with Crippen molar-refractivity contribution in [3.8, 4) is 11.5 Å². The van der Waals surface area contributed by atoms with E-state index in [0.717, 1.165) is 31.0 Å². The van der Waals surface area contributed by atoms with Crippen LogP contribution in [0.25, 0.3) is 0 Å². The van der Waals surface area contributed by atoms with Gasteiger partial charge in [0.1, 0.15) is 17.1 Å². The number of fused-ring (bicyclic) bond motifs is 1. The van der Waals surface area contributed by atoms with E-state index in [9.17, 15) is 14.7 Å². The van der Waals surface area contributed by atoms with Crippen LogP contribution in [0.2, 0.25) is 0 Å². The highest BCUT2D eigenvalue weighted by atomic mass is 16.5. The van der Waals surface area contributed by atoms with E-state index in [1.54, 1.807) is 9.47 Å². The number of amides is 1. The second-order valence-corrected chi connectivity index (χ2v) is 9.41. The van der Waals surface area contributed by atoms with Crippen LogP contribution in [-0.4, -0.2) is 70.9 Å². The lowest BCUT2D eigenvalue weighted by Crippen LogP contribution is -2.43. The average Bonchev–Trinajstić information content (AvgIpc) is 3.02. The molecular weight excluding hydrogens is 434 g/mol. The molecule has 1 aromatic carbocycles. The summed E-state index contributed by atoms with van der Waals surface area (Å²) in [6, 6.07) is 9.53. The predicted molar refractivity (Wildman–Crippen MR) is 130 cm³/mol. The summed E-state index contributed by atoms with van der Waals surface area (Å²) in [5.41, 5.74) is 2.19. The highest BCUT2D eigenvalue weighted by molar-refractivity contribution is 5.98. The van der Waals surface area contributed by atoms with E-state index in [0.29, 0.717) is 50.3 Å². The molecule has 0 saturated carbocycles. The maximum absolute atomic E-state index is 13.5. The minimum Gasteiger partial charge on any atom is -0.496 e. The number of likely N-dealkylation sites (tertiary alicyclic amines) is 1. The Balaban J connectivity index is 1.55. The summed E-state index contributed by atoms with van der Waals surface area (Å²) in [5.74, 6) is 0.996. The molecule has 1 fully saturated rings. The van der Waals surface area contributed by atoms with Crippen LogP contribution in [0.15, 0.2) is 35.1 Å². The normalized spacial score (nSPS) is 19.0. The van der Waals surface area contributed by atoms with Gasteiger partial charge >= 0.3 is 0 Å². The van der Waals surface area contributed by atoms with E-state index in [4.69, 9.17) is 9.47 Å². The average molecular weight is 470 g/mol. The number of β-amino-alcohol motifs (C(OH)–C–C–N with tert-alkyl or cyclic N) is 1. The Bertz CT molecular complexity index is 1060. The van der Waals surface area contributed by atoms with Gasteiger partial charge in [0.15, 0.2) is 0 Å². The summed E-state index contributed by atoms with van der Waals surface area (Å²) < 4.78 is 12.9. The van der Waals surface area contributed by atoms with Crippen molar-refractivity contribution in [3.05, 3.63) is 57.5 Å². The number of rotatable bonds is 6. The molecule has 0 unspecified atom stereocenters. The Kier molecular flexibility index (Phi) is 7.58. The number of carbonyl (C=O) groups is 1. The Morgan fingerprint density at radius 1 is 1.15 bits per heavy atom. The second-order valence-electron chi connectivity index (χ2n) is 9.41. The first-order valence-electron chi connectivity index (χ1n) is 12.1. The number of hydrogen-bond acceptors (Lipinski definition) is 6. The Labute approximate surface area is 200 Å². The Morgan fingerprint density at radius 3 is 2.59 bits per heavy atom. The highest BCUT2D eigenvalue weighted by Crippen LogP contribution is 2.26. The molecule has 0 radical (unpaired) electrons. The van der Waals surface area contributed by atoms with Gasteiger partial charge in [0, 0.05) is 57.4 Å². The van der Waals surface area contributed by atoms with Crippen LogP contribution in [0.4, 0.5) is 0 Å². The molecule has 2 aliphatic heterocycles. The molecule has 8 heteroatoms. The zero-order chi connectivity index (χ0) is 24.2. The topological polar surface area (TPSA) is 84.2 Å². The lowest BCUT2D eigenvalue weighted by Gasteiger charge is -2.31. The third kappa shape index (κ3) is 5.45. The lowest BCUT2D eigenvalue weighted by molar-refractivity contribution is 0.0469. The largest absolute Gasteiger partial charge is 0.496 e. The zero-order valence-electron chi connectivity index (χ0n) is 20.3. The molecule has 2 aliphatic rings. The first-order chi connectivity index (χ1) is 16.4. The van der Waals surface area contributed by atoms with Crippen molar-refractivity contribution in [3.63, 3.8) is 0 Å². The highest BCUT2D eigenvalue weighted by Gasteiger charge is 2.30. The number of aliphatic hydroxyl groups is 1. The predicted octanol–water partition coefficient (Wildman–Crippen LogP) is 2.30. The summed E-state index contributed by atoms with van der Waals surface area (Å²) >= 11 is 0. The van der Waals surface area contributed by atoms with E-state index < -0.39 is 6.10 Å². The maximum Gasteiger partial charge on any atom is 0.259 e. The minimum atomic E-state index is -0.512. The van der Waals surface area contributed by atoms with Gasteiger partial charge in [-0.3, -0.25) is 14.5 Å². The second kappa shape index (κ2) is 10.6. The maximum atomic E-state index is 13.5. The number of piperidine rings is 1. The number of hydrogen-bond donors (Lipinski definition) is 1. The van der Waals surface area contributed by atoms with Gasteiger partial charge in [0.2, 0.25) is 0 Å². The molecule has 0 spiro atoms. The Hall–Kier alpha value is -2.84. The van der Waals surface area contributed by atoms with Gasteiger partial charge in [-0.1, -0.05) is 12.1 Å². The van der Waals surface area contributed by atoms with Crippen molar-refractivity contribution in [2.24, 2.45) is 0 Å². The summed E-state index contributed by atoms with van der Waals surface area (Å²) in [5, 5.41) is 10.1. The molecule has 4 rings (SSSR count). The van der Waals surface area contributed by atoms with Gasteiger partial charge in [-0.2, -0.15) is 0 Å². The van der Waals surface area contributed by atoms with Crippen LogP contribution < -0.4 is 15.0 Å². The number of aromatic nitrogens is 1. The summed E-state index contributed by atoms with van der Waals surface area (Å²) in [6.45, 7) is 7.61. The zero-order valence-corrected chi connectivity index (χ0v) is 20.3. The van der Waals surface area contributed by atoms with Crippen molar-refractivity contribution in [1.82, 2.24) is 14.4 Å². The minimum absolute atomic E-state index is 0.135. The molecule has 2 aromatic rings. The van der Waals surface area contributed by atoms with Gasteiger partial charge in [-0.25, -0.2) is 0 Å². The van der Waals surface area contributed by atoms with Crippen molar-refractivity contribution < 1.29 is 19.4 Å². The summed E-state index contributed by atoms with van der Waals surface area (Å²) in [4.78, 5) is 30.4. The van der Waals surface area contributed by atoms with Crippen LogP contribution in [0, 0.1) is 0 Å². The quantitative estimate of drug-likeness (QED) is 0.699. The molecule has 1 aromatic heterocycles. The van der Waals surface area contributed by atoms with E-state index >= 15 is 0 Å². The monoisotopic (exact) mass is 469 g/mol. The number of ether oxygens (including phenoxy) is 2. The summed E-state index contributed by atoms with van der Waals surface area (Å²) in [6.07, 6.45) is 1.65. The third-order valence-electron chi connectivity index (χ3n) is 6.50. The first-order valence-corrected chi connectivity index (χ1v) is 12.1. The molecule has 1 amide bonds. The van der Waals surface area contributed by atoms with Gasteiger partial charge in [-0.05, 0) is 44.4 Å². The number of pyridine rings is 1. The van der Waals surface area contributed by atoms with Crippen molar-refractivity contribution in [2.45, 2.75) is 58.4 Å². The Morgan fingerprint density at radius 2 is 1.91 bits per heavy atom. The molecule has 1 saturated heterocycles. The van der Waals surface area contributed by atoms with Crippen LogP contribution in [-0.2, 0) is 19.5 Å². The molecule has 1 atom stereocenters. The lowest BCUT2D eigenvalue weighted by atomic mass is 10.0. The first kappa shape index (κ1) is 24.3. The van der Waals surface area contributed by atoms with Gasteiger partial charge in [-0.15, -0.1) is 0 Å². The van der Waals surface area contributed by atoms with E-state index in [1.807, 2.05) is 26.0 Å². The standard InChI is InChI=1S/C26H35N3O5/c1-18(2)34-21-8-6-19(7-9-21)16-27-12-10-22-25(26(32)28-11-4-5-20(30)17-28)23(33-3)15-24(31)29(22)14-13-27/h6-9,15,18,20,30H,4-5,10-14,16-17H2,1-3H3/t20-/m0/s1. The smallest absolute Gasteiger partial charge is 0.259 e. The molecule has 0 aliphatic carbocycles. The molecule has 184 valence electrons. The molecule has 1 N–H and O–H groups in total. The van der Waals surface area contributed by atoms with Gasteiger partial charge in [0.05, 0.1) is 19.3 Å². The van der Waals surface area contributed by atoms with E-state index in [2.05, 4.69) is 17.0 Å². The summed E-state index contributed by atoms with van der Waals surface area (Å²) in [7, 11) is 1.49. The van der Waals surface area contributed by atoms with Gasteiger partial charge < -0.3 is 24.0 Å². The fraction of sp³-hybridized carbons (Fsp3) is 0.538. The van der Waals surface area contributed by atoms with Crippen molar-refractivity contribution in [1.29, 1.82) is 0 Å². The van der Waals surface area contributed by atoms with Gasteiger partial charge in [0.25, 0.3) is 11.5 Å². The van der Waals surface area contributed by atoms with Crippen molar-refractivity contribution >= 4 is 5.91 Å². The molecule has 8 nitrogen and oxygen atoms in total. The van der Waals surface area contributed by atoms with E-state index in [1.165, 1.54) is 18.7 Å². The molecule has 0 bridgehead atoms. The number of benzene rings is 1. The number of aliphatic hydroxyl groups excluding tert-OH is 1. The van der Waals surface area contributed by atoms with Crippen LogP contribution in [0.3, 0.4) is 0 Å².